The first-order chi connectivity index (χ1) is 4.88. The van der Waals surface area contributed by atoms with Gasteiger partial charge in [-0.25, -0.2) is 0 Å². The van der Waals surface area contributed by atoms with Crippen LogP contribution >= 0.6 is 0 Å². The molecule has 0 amide bonds. The molecule has 10 heavy (non-hydrogen) atoms. The summed E-state index contributed by atoms with van der Waals surface area (Å²) in [4.78, 5) is 0. The standard InChI is InChI=1S/C8H8O2/c1-9-7-2-6-3-8(4-7)10-5-6/h2-4H,5H2,1H3. The smallest absolute Gasteiger partial charge is 0.123 e. The third-order valence-electron chi connectivity index (χ3n) is 1.58. The maximum Gasteiger partial charge on any atom is 0.123 e. The van der Waals surface area contributed by atoms with Crippen molar-refractivity contribution in [2.45, 2.75) is 6.61 Å². The van der Waals surface area contributed by atoms with E-state index in [0.29, 0.717) is 6.61 Å². The molecule has 0 aliphatic carbocycles. The van der Waals surface area contributed by atoms with Gasteiger partial charge in [-0.05, 0) is 17.7 Å². The van der Waals surface area contributed by atoms with Gasteiger partial charge in [0.15, 0.2) is 0 Å². The highest BCUT2D eigenvalue weighted by Gasteiger charge is 2.08. The van der Waals surface area contributed by atoms with Crippen LogP contribution in [0.25, 0.3) is 0 Å². The van der Waals surface area contributed by atoms with E-state index in [1.165, 1.54) is 5.56 Å². The summed E-state index contributed by atoms with van der Waals surface area (Å²) >= 11 is 0. The van der Waals surface area contributed by atoms with Gasteiger partial charge in [0.05, 0.1) is 7.11 Å². The van der Waals surface area contributed by atoms with Crippen LogP contribution < -0.4 is 9.47 Å². The highest BCUT2D eigenvalue weighted by atomic mass is 16.5. The molecule has 2 heteroatoms. The molecule has 2 nitrogen and oxygen atoms in total. The molecule has 2 bridgehead atoms. The molecule has 1 aromatic carbocycles. The molecule has 1 heterocycles. The fraction of sp³-hybridized carbons (Fsp3) is 0.250. The molecular formula is C8H8O2. The lowest BCUT2D eigenvalue weighted by Crippen LogP contribution is -1.81. The first kappa shape index (κ1) is 5.59. The average molecular weight is 136 g/mol. The van der Waals surface area contributed by atoms with E-state index < -0.39 is 0 Å². The van der Waals surface area contributed by atoms with E-state index in [2.05, 4.69) is 0 Å². The van der Waals surface area contributed by atoms with Crippen molar-refractivity contribution in [3.05, 3.63) is 23.8 Å². The molecule has 1 aliphatic heterocycles. The largest absolute Gasteiger partial charge is 0.497 e. The molecule has 0 aromatic heterocycles. The highest BCUT2D eigenvalue weighted by molar-refractivity contribution is 5.41. The van der Waals surface area contributed by atoms with E-state index in [-0.39, 0.29) is 0 Å². The molecule has 0 radical (unpaired) electrons. The summed E-state index contributed by atoms with van der Waals surface area (Å²) in [5.74, 6) is 1.79. The lowest BCUT2D eigenvalue weighted by atomic mass is 10.2. The van der Waals surface area contributed by atoms with E-state index in [0.717, 1.165) is 11.5 Å². The summed E-state index contributed by atoms with van der Waals surface area (Å²) < 4.78 is 10.3. The van der Waals surface area contributed by atoms with Gasteiger partial charge in [-0.3, -0.25) is 0 Å². The maximum absolute atomic E-state index is 5.25. The predicted octanol–water partition coefficient (Wildman–Crippen LogP) is 1.59. The van der Waals surface area contributed by atoms with Gasteiger partial charge in [-0.2, -0.15) is 0 Å². The number of hydrogen-bond donors (Lipinski definition) is 0. The average Bonchev–Trinajstić information content (AvgIpc) is 2.30. The van der Waals surface area contributed by atoms with Crippen molar-refractivity contribution >= 4 is 0 Å². The SMILES string of the molecule is COc1cc2cc(c1)OC2. The minimum absolute atomic E-state index is 0.693. The van der Waals surface area contributed by atoms with Crippen molar-refractivity contribution in [2.75, 3.05) is 7.11 Å². The molecule has 0 spiro atoms. The number of benzene rings is 1. The second kappa shape index (κ2) is 1.90. The monoisotopic (exact) mass is 136 g/mol. The number of ether oxygens (including phenoxy) is 2. The summed E-state index contributed by atoms with van der Waals surface area (Å²) in [7, 11) is 1.66. The van der Waals surface area contributed by atoms with Crippen LogP contribution in [0, 0.1) is 0 Å². The van der Waals surface area contributed by atoms with Crippen molar-refractivity contribution in [3.63, 3.8) is 0 Å². The Morgan fingerprint density at radius 2 is 2.30 bits per heavy atom. The summed E-state index contributed by atoms with van der Waals surface area (Å²) in [6.07, 6.45) is 0. The minimum atomic E-state index is 0.693. The van der Waals surface area contributed by atoms with Crippen molar-refractivity contribution in [1.29, 1.82) is 0 Å². The minimum Gasteiger partial charge on any atom is -0.497 e. The molecule has 52 valence electrons. The zero-order valence-corrected chi connectivity index (χ0v) is 5.76. The van der Waals surface area contributed by atoms with Crippen LogP contribution in [0.15, 0.2) is 18.2 Å². The molecule has 2 rings (SSSR count). The molecule has 0 unspecified atom stereocenters. The van der Waals surface area contributed by atoms with Gasteiger partial charge >= 0.3 is 0 Å². The zero-order chi connectivity index (χ0) is 6.97. The third-order valence-corrected chi connectivity index (χ3v) is 1.58. The first-order valence-electron chi connectivity index (χ1n) is 3.19. The molecule has 0 N–H and O–H groups in total. The Labute approximate surface area is 59.4 Å². The van der Waals surface area contributed by atoms with Crippen LogP contribution in [-0.2, 0) is 6.61 Å². The van der Waals surface area contributed by atoms with Crippen LogP contribution in [0.1, 0.15) is 5.56 Å². The third kappa shape index (κ3) is 0.727. The number of methoxy groups -OCH3 is 1. The summed E-state index contributed by atoms with van der Waals surface area (Å²) in [5, 5.41) is 0. The predicted molar refractivity (Wildman–Crippen MR) is 37.3 cm³/mol. The fourth-order valence-corrected chi connectivity index (χ4v) is 1.08. The quantitative estimate of drug-likeness (QED) is 0.583. The van der Waals surface area contributed by atoms with Crippen molar-refractivity contribution < 1.29 is 9.47 Å². The van der Waals surface area contributed by atoms with Gasteiger partial charge in [0.1, 0.15) is 18.1 Å². The molecule has 1 aromatic rings. The zero-order valence-electron chi connectivity index (χ0n) is 5.76. The van der Waals surface area contributed by atoms with Crippen molar-refractivity contribution in [2.24, 2.45) is 0 Å². The van der Waals surface area contributed by atoms with Crippen LogP contribution in [-0.4, -0.2) is 7.11 Å². The van der Waals surface area contributed by atoms with Gasteiger partial charge in [0.2, 0.25) is 0 Å². The topological polar surface area (TPSA) is 18.5 Å². The molecular weight excluding hydrogens is 128 g/mol. The Kier molecular flexibility index (Phi) is 1.07. The number of hydrogen-bond acceptors (Lipinski definition) is 2. The molecule has 0 atom stereocenters. The molecule has 0 saturated carbocycles. The molecule has 0 saturated heterocycles. The van der Waals surface area contributed by atoms with E-state index in [1.54, 1.807) is 7.11 Å². The summed E-state index contributed by atoms with van der Waals surface area (Å²) in [5.41, 5.74) is 1.19. The lowest BCUT2D eigenvalue weighted by Gasteiger charge is -1.96. The highest BCUT2D eigenvalue weighted by Crippen LogP contribution is 2.28. The Morgan fingerprint density at radius 1 is 1.40 bits per heavy atom. The van der Waals surface area contributed by atoms with Crippen LogP contribution in [0.3, 0.4) is 0 Å². The van der Waals surface area contributed by atoms with Gasteiger partial charge in [-0.15, -0.1) is 0 Å². The number of fused-ring (bicyclic) bond motifs is 2. The first-order valence-corrected chi connectivity index (χ1v) is 3.19. The van der Waals surface area contributed by atoms with Crippen LogP contribution in [0.2, 0.25) is 0 Å². The van der Waals surface area contributed by atoms with Gasteiger partial charge < -0.3 is 9.47 Å². The Hall–Kier alpha value is -1.18. The lowest BCUT2D eigenvalue weighted by molar-refractivity contribution is 0.327. The maximum atomic E-state index is 5.25. The van der Waals surface area contributed by atoms with Crippen LogP contribution in [0.4, 0.5) is 0 Å². The Balaban J connectivity index is 2.48. The Bertz CT molecular complexity index is 233. The van der Waals surface area contributed by atoms with Crippen molar-refractivity contribution in [3.8, 4) is 11.5 Å². The normalized spacial score (nSPS) is 12.9. The molecule has 1 aliphatic rings. The summed E-state index contributed by atoms with van der Waals surface area (Å²) in [6.45, 7) is 0.693. The van der Waals surface area contributed by atoms with Crippen molar-refractivity contribution in [1.82, 2.24) is 0 Å². The van der Waals surface area contributed by atoms with Gasteiger partial charge in [-0.1, -0.05) is 0 Å². The van der Waals surface area contributed by atoms with E-state index in [1.807, 2.05) is 18.2 Å². The summed E-state index contributed by atoms with van der Waals surface area (Å²) in [6, 6.07) is 5.88. The van der Waals surface area contributed by atoms with E-state index in [9.17, 15) is 0 Å². The fourth-order valence-electron chi connectivity index (χ4n) is 1.08. The van der Waals surface area contributed by atoms with Gasteiger partial charge in [0, 0.05) is 6.07 Å². The Morgan fingerprint density at radius 3 is 3.00 bits per heavy atom. The number of rotatable bonds is 1. The van der Waals surface area contributed by atoms with Crippen LogP contribution in [0.5, 0.6) is 11.5 Å². The second-order valence-electron chi connectivity index (χ2n) is 2.31. The van der Waals surface area contributed by atoms with E-state index >= 15 is 0 Å². The van der Waals surface area contributed by atoms with E-state index in [4.69, 9.17) is 9.47 Å². The van der Waals surface area contributed by atoms with Gasteiger partial charge in [0.25, 0.3) is 0 Å². The second-order valence-corrected chi connectivity index (χ2v) is 2.31. The molecule has 0 fully saturated rings.